The normalized spacial score (nSPS) is 40.2. The van der Waals surface area contributed by atoms with Gasteiger partial charge in [0.1, 0.15) is 0 Å². The third-order valence-corrected chi connectivity index (χ3v) is 3.04. The fraction of sp³-hybridized carbons (Fsp3) is 1.00. The maximum Gasteiger partial charge on any atom is 0.749 e. The summed E-state index contributed by atoms with van der Waals surface area (Å²) in [5.41, 5.74) is 5.29. The predicted molar refractivity (Wildman–Crippen MR) is 35.9 cm³/mol. The van der Waals surface area contributed by atoms with Crippen LogP contribution in [0.15, 0.2) is 0 Å². The van der Waals surface area contributed by atoms with Crippen LogP contribution < -0.4 is 5.73 Å². The third kappa shape index (κ3) is 2.52. The van der Waals surface area contributed by atoms with Gasteiger partial charge in [0, 0.05) is 9.13 Å². The van der Waals surface area contributed by atoms with Gasteiger partial charge in [-0.3, -0.25) is 5.73 Å². The first kappa shape index (κ1) is 9.13. The van der Waals surface area contributed by atoms with Crippen molar-refractivity contribution in [3.05, 3.63) is 0 Å². The first-order valence-corrected chi connectivity index (χ1v) is 5.00. The molecule has 0 aromatic heterocycles. The highest BCUT2D eigenvalue weighted by Gasteiger charge is 2.49. The van der Waals surface area contributed by atoms with Gasteiger partial charge in [-0.2, -0.15) is 0 Å². The van der Waals surface area contributed by atoms with Gasteiger partial charge in [0.25, 0.3) is 0 Å². The van der Waals surface area contributed by atoms with Crippen LogP contribution in [0.1, 0.15) is 6.92 Å². The molecule has 0 saturated carbocycles. The van der Waals surface area contributed by atoms with E-state index in [2.05, 4.69) is 13.4 Å². The quantitative estimate of drug-likeness (QED) is 0.586. The zero-order valence-corrected chi connectivity index (χ0v) is 7.46. The average molecular weight is 199 g/mol. The number of nitrogens with two attached hydrogens (primary N) is 1. The van der Waals surface area contributed by atoms with Crippen LogP contribution in [0.25, 0.3) is 0 Å². The Morgan fingerprint density at radius 3 is 2.45 bits per heavy atom. The standard InChI is InChI=1S/C3H7NO5P2/c1-2-3(4)8-11(6)9-10(5)7-2/h2-3H,4H2,1H3/q+2. The fourth-order valence-electron chi connectivity index (χ4n) is 0.474. The molecule has 0 aromatic carbocycles. The summed E-state index contributed by atoms with van der Waals surface area (Å²) in [6, 6.07) is 0. The molecule has 8 heteroatoms. The van der Waals surface area contributed by atoms with Crippen LogP contribution in [0.4, 0.5) is 0 Å². The minimum Gasteiger partial charge on any atom is -0.299 e. The van der Waals surface area contributed by atoms with Crippen LogP contribution in [0.2, 0.25) is 0 Å². The molecule has 2 N–H and O–H groups in total. The van der Waals surface area contributed by atoms with E-state index in [-0.39, 0.29) is 0 Å². The largest absolute Gasteiger partial charge is 0.749 e. The van der Waals surface area contributed by atoms with Gasteiger partial charge in [-0.05, 0) is 6.92 Å². The highest BCUT2D eigenvalue weighted by Crippen LogP contribution is 2.44. The molecule has 4 unspecified atom stereocenters. The lowest BCUT2D eigenvalue weighted by molar-refractivity contribution is 0.0892. The van der Waals surface area contributed by atoms with Gasteiger partial charge in [0.05, 0.1) is 0 Å². The second kappa shape index (κ2) is 3.63. The summed E-state index contributed by atoms with van der Waals surface area (Å²) in [5, 5.41) is 0. The summed E-state index contributed by atoms with van der Waals surface area (Å²) < 4.78 is 34.7. The monoisotopic (exact) mass is 199 g/mol. The van der Waals surface area contributed by atoms with Crippen LogP contribution >= 0.6 is 16.5 Å². The number of hydrogen-bond acceptors (Lipinski definition) is 6. The molecule has 0 bridgehead atoms. The van der Waals surface area contributed by atoms with Crippen molar-refractivity contribution >= 4 is 16.5 Å². The van der Waals surface area contributed by atoms with E-state index >= 15 is 0 Å². The molecule has 1 aliphatic rings. The molecule has 1 saturated heterocycles. The van der Waals surface area contributed by atoms with Crippen LogP contribution in [-0.4, -0.2) is 12.3 Å². The van der Waals surface area contributed by atoms with Crippen LogP contribution in [-0.2, 0) is 22.5 Å². The Kier molecular flexibility index (Phi) is 3.01. The Labute approximate surface area is 64.9 Å². The maximum atomic E-state index is 10.6. The molecule has 11 heavy (non-hydrogen) atoms. The lowest BCUT2D eigenvalue weighted by atomic mass is 10.4. The summed E-state index contributed by atoms with van der Waals surface area (Å²) in [6.07, 6.45) is -1.44. The van der Waals surface area contributed by atoms with E-state index in [0.29, 0.717) is 0 Å². The van der Waals surface area contributed by atoms with Gasteiger partial charge in [-0.1, -0.05) is 4.52 Å². The molecular weight excluding hydrogens is 192 g/mol. The van der Waals surface area contributed by atoms with E-state index in [1.807, 2.05) is 0 Å². The Balaban J connectivity index is 2.66. The number of hydrogen-bond donors (Lipinski definition) is 1. The predicted octanol–water partition coefficient (Wildman–Crippen LogP) is 1.04. The fourth-order valence-corrected chi connectivity index (χ4v) is 1.98. The highest BCUT2D eigenvalue weighted by molar-refractivity contribution is 7.47. The molecule has 0 amide bonds. The molecular formula is C3H7NO5P2+2. The molecule has 1 heterocycles. The van der Waals surface area contributed by atoms with E-state index in [4.69, 9.17) is 5.73 Å². The average Bonchev–Trinajstić information content (AvgIpc) is 1.93. The van der Waals surface area contributed by atoms with Gasteiger partial charge < -0.3 is 0 Å². The van der Waals surface area contributed by atoms with Crippen molar-refractivity contribution in [2.24, 2.45) is 5.73 Å². The molecule has 6 nitrogen and oxygen atoms in total. The van der Waals surface area contributed by atoms with Gasteiger partial charge in [0.2, 0.25) is 0 Å². The summed E-state index contributed by atoms with van der Waals surface area (Å²) in [6.45, 7) is 1.55. The minimum absolute atomic E-state index is 0.583. The molecule has 0 radical (unpaired) electrons. The van der Waals surface area contributed by atoms with Crippen molar-refractivity contribution in [2.75, 3.05) is 0 Å². The Morgan fingerprint density at radius 2 is 1.82 bits per heavy atom. The van der Waals surface area contributed by atoms with Gasteiger partial charge in [0.15, 0.2) is 16.6 Å². The first-order valence-electron chi connectivity index (χ1n) is 2.81. The second-order valence-corrected chi connectivity index (χ2v) is 3.88. The molecule has 4 atom stereocenters. The lowest BCUT2D eigenvalue weighted by Crippen LogP contribution is -2.33. The Bertz CT molecular complexity index is 176. The van der Waals surface area contributed by atoms with Crippen molar-refractivity contribution < 1.29 is 22.5 Å². The lowest BCUT2D eigenvalue weighted by Gasteiger charge is -2.02. The molecule has 62 valence electrons. The molecule has 1 fully saturated rings. The van der Waals surface area contributed by atoms with Crippen molar-refractivity contribution in [2.45, 2.75) is 19.3 Å². The van der Waals surface area contributed by atoms with Crippen LogP contribution in [0, 0.1) is 0 Å². The van der Waals surface area contributed by atoms with Gasteiger partial charge >= 0.3 is 16.5 Å². The zero-order valence-electron chi connectivity index (χ0n) is 5.67. The van der Waals surface area contributed by atoms with Gasteiger partial charge in [-0.15, -0.1) is 4.52 Å². The van der Waals surface area contributed by atoms with E-state index in [9.17, 15) is 9.13 Å². The Morgan fingerprint density at radius 1 is 1.27 bits per heavy atom. The first-order chi connectivity index (χ1) is 5.09. The highest BCUT2D eigenvalue weighted by atomic mass is 31.2. The Hall–Kier alpha value is 0.0400. The summed E-state index contributed by atoms with van der Waals surface area (Å²) in [5.74, 6) is 0. The van der Waals surface area contributed by atoms with Crippen molar-refractivity contribution in [1.82, 2.24) is 0 Å². The van der Waals surface area contributed by atoms with E-state index in [1.54, 1.807) is 6.92 Å². The second-order valence-electron chi connectivity index (χ2n) is 1.91. The topological polar surface area (TPSA) is 87.8 Å². The summed E-state index contributed by atoms with van der Waals surface area (Å²) in [7, 11) is -4.77. The molecule has 0 spiro atoms. The maximum absolute atomic E-state index is 10.6. The minimum atomic E-state index is -2.41. The smallest absolute Gasteiger partial charge is 0.299 e. The number of rotatable bonds is 0. The van der Waals surface area contributed by atoms with Crippen molar-refractivity contribution in [3.8, 4) is 0 Å². The van der Waals surface area contributed by atoms with E-state index in [1.165, 1.54) is 0 Å². The van der Waals surface area contributed by atoms with Crippen molar-refractivity contribution in [3.63, 3.8) is 0 Å². The zero-order chi connectivity index (χ0) is 8.43. The summed E-state index contributed by atoms with van der Waals surface area (Å²) >= 11 is 0. The SMILES string of the molecule is CC1O[P+](=O)O[P+](=O)OC1N. The molecule has 0 aliphatic carbocycles. The van der Waals surface area contributed by atoms with Crippen LogP contribution in [0.5, 0.6) is 0 Å². The van der Waals surface area contributed by atoms with E-state index in [0.717, 1.165) is 0 Å². The van der Waals surface area contributed by atoms with E-state index < -0.39 is 28.8 Å². The summed E-state index contributed by atoms with van der Waals surface area (Å²) in [4.78, 5) is 0. The third-order valence-electron chi connectivity index (χ3n) is 1.06. The molecule has 1 aliphatic heterocycles. The molecule has 1 rings (SSSR count). The van der Waals surface area contributed by atoms with Crippen molar-refractivity contribution in [1.29, 1.82) is 0 Å². The van der Waals surface area contributed by atoms with Crippen LogP contribution in [0.3, 0.4) is 0 Å². The van der Waals surface area contributed by atoms with Gasteiger partial charge in [-0.25, -0.2) is 0 Å². The molecule has 0 aromatic rings.